The van der Waals surface area contributed by atoms with Gasteiger partial charge in [0.2, 0.25) is 0 Å². The van der Waals surface area contributed by atoms with Crippen LogP contribution in [0.4, 0.5) is 0 Å². The van der Waals surface area contributed by atoms with Crippen molar-refractivity contribution in [2.75, 3.05) is 6.61 Å². The minimum absolute atomic E-state index is 0.552. The Hall–Kier alpha value is -0.930. The van der Waals surface area contributed by atoms with Gasteiger partial charge in [0.1, 0.15) is 0 Å². The van der Waals surface area contributed by atoms with E-state index in [1.807, 2.05) is 18.3 Å². The van der Waals surface area contributed by atoms with Crippen LogP contribution in [0.2, 0.25) is 0 Å². The second-order valence-corrected chi connectivity index (χ2v) is 4.88. The molecule has 1 aliphatic rings. The van der Waals surface area contributed by atoms with Gasteiger partial charge in [-0.3, -0.25) is 4.98 Å². The summed E-state index contributed by atoms with van der Waals surface area (Å²) < 4.78 is 5.74. The lowest BCUT2D eigenvalue weighted by atomic mass is 9.90. The lowest BCUT2D eigenvalue weighted by Gasteiger charge is -2.21. The molecule has 0 radical (unpaired) electrons. The summed E-state index contributed by atoms with van der Waals surface area (Å²) in [6.45, 7) is 2.07. The van der Waals surface area contributed by atoms with Crippen LogP contribution in [0.3, 0.4) is 0 Å². The third-order valence-electron chi connectivity index (χ3n) is 3.45. The van der Waals surface area contributed by atoms with Gasteiger partial charge in [0.25, 0.3) is 0 Å². The zero-order chi connectivity index (χ0) is 11.9. The van der Waals surface area contributed by atoms with Crippen molar-refractivity contribution in [1.29, 1.82) is 0 Å². The van der Waals surface area contributed by atoms with E-state index < -0.39 is 0 Å². The molecule has 94 valence electrons. The Morgan fingerprint density at radius 2 is 2.06 bits per heavy atom. The number of hydrogen-bond acceptors (Lipinski definition) is 3. The van der Waals surface area contributed by atoms with Gasteiger partial charge in [-0.05, 0) is 30.4 Å². The monoisotopic (exact) mass is 234 g/mol. The predicted molar refractivity (Wildman–Crippen MR) is 68.4 cm³/mol. The smallest absolute Gasteiger partial charge is 0.0887 e. The van der Waals surface area contributed by atoms with E-state index >= 15 is 0 Å². The Morgan fingerprint density at radius 3 is 2.71 bits per heavy atom. The molecule has 0 aliphatic heterocycles. The van der Waals surface area contributed by atoms with Gasteiger partial charge in [0.15, 0.2) is 0 Å². The highest BCUT2D eigenvalue weighted by molar-refractivity contribution is 5.13. The Kier molecular flexibility index (Phi) is 4.95. The molecule has 0 bridgehead atoms. The lowest BCUT2D eigenvalue weighted by molar-refractivity contribution is 0.0720. The number of nitrogens with two attached hydrogens (primary N) is 1. The van der Waals surface area contributed by atoms with E-state index in [9.17, 15) is 0 Å². The van der Waals surface area contributed by atoms with Crippen molar-refractivity contribution < 1.29 is 4.74 Å². The highest BCUT2D eigenvalue weighted by atomic mass is 16.5. The van der Waals surface area contributed by atoms with Crippen LogP contribution in [0.25, 0.3) is 0 Å². The summed E-state index contributed by atoms with van der Waals surface area (Å²) in [5.74, 6) is 0.770. The zero-order valence-electron chi connectivity index (χ0n) is 10.4. The number of pyridine rings is 1. The third kappa shape index (κ3) is 4.10. The molecule has 0 saturated heterocycles. The first-order chi connectivity index (χ1) is 8.38. The summed E-state index contributed by atoms with van der Waals surface area (Å²) in [7, 11) is 0. The second-order valence-electron chi connectivity index (χ2n) is 4.88. The standard InChI is InChI=1S/C14H22N2O/c15-8-13-6-7-14(16-9-13)11-17-10-12-4-2-1-3-5-12/h6-7,9,12H,1-5,8,10-11,15H2. The number of nitrogens with zero attached hydrogens (tertiary/aromatic N) is 1. The first-order valence-corrected chi connectivity index (χ1v) is 6.60. The van der Waals surface area contributed by atoms with E-state index in [1.165, 1.54) is 32.1 Å². The largest absolute Gasteiger partial charge is 0.375 e. The molecule has 1 aromatic heterocycles. The van der Waals surface area contributed by atoms with Gasteiger partial charge in [0.05, 0.1) is 12.3 Å². The van der Waals surface area contributed by atoms with Crippen LogP contribution in [0.5, 0.6) is 0 Å². The molecule has 0 spiro atoms. The predicted octanol–water partition coefficient (Wildman–Crippen LogP) is 2.64. The van der Waals surface area contributed by atoms with Crippen LogP contribution in [-0.2, 0) is 17.9 Å². The molecule has 3 heteroatoms. The minimum Gasteiger partial charge on any atom is -0.375 e. The quantitative estimate of drug-likeness (QED) is 0.852. The van der Waals surface area contributed by atoms with E-state index in [2.05, 4.69) is 4.98 Å². The summed E-state index contributed by atoms with van der Waals surface area (Å²) in [4.78, 5) is 4.33. The van der Waals surface area contributed by atoms with Crippen LogP contribution in [0, 0.1) is 5.92 Å². The number of rotatable bonds is 5. The van der Waals surface area contributed by atoms with Gasteiger partial charge in [-0.25, -0.2) is 0 Å². The zero-order valence-corrected chi connectivity index (χ0v) is 10.4. The Morgan fingerprint density at radius 1 is 1.24 bits per heavy atom. The van der Waals surface area contributed by atoms with E-state index in [4.69, 9.17) is 10.5 Å². The van der Waals surface area contributed by atoms with Crippen molar-refractivity contribution in [2.45, 2.75) is 45.3 Å². The summed E-state index contributed by atoms with van der Waals surface area (Å²) in [5.41, 5.74) is 7.59. The van der Waals surface area contributed by atoms with Crippen LogP contribution >= 0.6 is 0 Å². The average Bonchev–Trinajstić information content (AvgIpc) is 2.41. The van der Waals surface area contributed by atoms with Crippen molar-refractivity contribution in [3.8, 4) is 0 Å². The van der Waals surface area contributed by atoms with Gasteiger partial charge >= 0.3 is 0 Å². The molecule has 17 heavy (non-hydrogen) atoms. The summed E-state index contributed by atoms with van der Waals surface area (Å²) in [6, 6.07) is 4.02. The Labute approximate surface area is 103 Å². The molecular formula is C14H22N2O. The Bertz CT molecular complexity index is 317. The number of aromatic nitrogens is 1. The second kappa shape index (κ2) is 6.72. The molecule has 0 amide bonds. The molecular weight excluding hydrogens is 212 g/mol. The van der Waals surface area contributed by atoms with Crippen molar-refractivity contribution >= 4 is 0 Å². The summed E-state index contributed by atoms with van der Waals surface area (Å²) in [5, 5.41) is 0. The molecule has 1 heterocycles. The molecule has 1 saturated carbocycles. The first kappa shape index (κ1) is 12.5. The fourth-order valence-corrected chi connectivity index (χ4v) is 2.35. The van der Waals surface area contributed by atoms with Crippen LogP contribution in [0.15, 0.2) is 18.3 Å². The van der Waals surface area contributed by atoms with Gasteiger partial charge in [-0.2, -0.15) is 0 Å². The van der Waals surface area contributed by atoms with Gasteiger partial charge in [0, 0.05) is 19.3 Å². The first-order valence-electron chi connectivity index (χ1n) is 6.60. The third-order valence-corrected chi connectivity index (χ3v) is 3.45. The SMILES string of the molecule is NCc1ccc(COCC2CCCCC2)nc1. The highest BCUT2D eigenvalue weighted by Crippen LogP contribution is 2.23. The topological polar surface area (TPSA) is 48.1 Å². The molecule has 0 aromatic carbocycles. The van der Waals surface area contributed by atoms with Gasteiger partial charge in [-0.15, -0.1) is 0 Å². The summed E-state index contributed by atoms with van der Waals surface area (Å²) in [6.07, 6.45) is 8.64. The Balaban J connectivity index is 1.69. The number of hydrogen-bond donors (Lipinski definition) is 1. The van der Waals surface area contributed by atoms with E-state index in [0.717, 1.165) is 23.8 Å². The van der Waals surface area contributed by atoms with Crippen LogP contribution < -0.4 is 5.73 Å². The van der Waals surface area contributed by atoms with Crippen LogP contribution in [-0.4, -0.2) is 11.6 Å². The lowest BCUT2D eigenvalue weighted by Crippen LogP contribution is -2.13. The van der Waals surface area contributed by atoms with Gasteiger partial charge < -0.3 is 10.5 Å². The van der Waals surface area contributed by atoms with E-state index in [-0.39, 0.29) is 0 Å². The summed E-state index contributed by atoms with van der Waals surface area (Å²) >= 11 is 0. The molecule has 3 nitrogen and oxygen atoms in total. The maximum Gasteiger partial charge on any atom is 0.0887 e. The number of ether oxygens (including phenoxy) is 1. The van der Waals surface area contributed by atoms with Crippen molar-refractivity contribution in [3.05, 3.63) is 29.6 Å². The van der Waals surface area contributed by atoms with E-state index in [1.54, 1.807) is 0 Å². The normalized spacial score (nSPS) is 17.2. The van der Waals surface area contributed by atoms with Crippen LogP contribution in [0.1, 0.15) is 43.4 Å². The molecule has 1 aliphatic carbocycles. The van der Waals surface area contributed by atoms with Crippen molar-refractivity contribution in [2.24, 2.45) is 11.7 Å². The fraction of sp³-hybridized carbons (Fsp3) is 0.643. The fourth-order valence-electron chi connectivity index (χ4n) is 2.35. The molecule has 1 fully saturated rings. The van der Waals surface area contributed by atoms with Crippen molar-refractivity contribution in [1.82, 2.24) is 4.98 Å². The maximum absolute atomic E-state index is 5.74. The minimum atomic E-state index is 0.552. The van der Waals surface area contributed by atoms with E-state index in [0.29, 0.717) is 13.2 Å². The molecule has 1 aromatic rings. The van der Waals surface area contributed by atoms with Crippen molar-refractivity contribution in [3.63, 3.8) is 0 Å². The molecule has 2 N–H and O–H groups in total. The highest BCUT2D eigenvalue weighted by Gasteiger charge is 2.13. The maximum atomic E-state index is 5.74. The average molecular weight is 234 g/mol. The molecule has 0 atom stereocenters. The molecule has 2 rings (SSSR count). The van der Waals surface area contributed by atoms with Gasteiger partial charge in [-0.1, -0.05) is 25.3 Å². The molecule has 0 unspecified atom stereocenters.